The van der Waals surface area contributed by atoms with Gasteiger partial charge in [-0.25, -0.2) is 17.8 Å². The molecule has 0 spiro atoms. The Balaban J connectivity index is 1.52. The summed E-state index contributed by atoms with van der Waals surface area (Å²) in [5.41, 5.74) is 0.512. The van der Waals surface area contributed by atoms with Crippen LogP contribution in [-0.4, -0.2) is 23.9 Å². The van der Waals surface area contributed by atoms with Crippen molar-refractivity contribution in [3.8, 4) is 0 Å². The van der Waals surface area contributed by atoms with Crippen molar-refractivity contribution in [2.75, 3.05) is 4.72 Å². The van der Waals surface area contributed by atoms with Crippen LogP contribution in [0.5, 0.6) is 0 Å². The maximum atomic E-state index is 13.8. The lowest BCUT2D eigenvalue weighted by atomic mass is 10.2. The van der Waals surface area contributed by atoms with E-state index in [1.54, 1.807) is 18.2 Å². The number of carbonyl (C=O) groups excluding carboxylic acids is 1. The molecule has 11 heteroatoms. The summed E-state index contributed by atoms with van der Waals surface area (Å²) in [5, 5.41) is 2.60. The normalized spacial score (nSPS) is 12.6. The third-order valence-electron chi connectivity index (χ3n) is 5.10. The van der Waals surface area contributed by atoms with Gasteiger partial charge in [-0.05, 0) is 55.5 Å². The fraction of sp³-hybridized carbons (Fsp3) is 0.130. The predicted molar refractivity (Wildman–Crippen MR) is 121 cm³/mol. The molecule has 4 rings (SSSR count). The molecule has 34 heavy (non-hydrogen) atoms. The Morgan fingerprint density at radius 2 is 1.62 bits per heavy atom. The smallest absolute Gasteiger partial charge is 0.320 e. The van der Waals surface area contributed by atoms with E-state index in [2.05, 4.69) is 15.0 Å². The molecule has 0 aliphatic carbocycles. The SMILES string of the molecule is CC(NC(=O)c1ccc(S(=O)(=O)Nc2ccccc2F)cc1)c1nc2ccccc2n1C(F)F. The summed E-state index contributed by atoms with van der Waals surface area (Å²) in [4.78, 5) is 16.7. The van der Waals surface area contributed by atoms with Crippen LogP contribution in [0.1, 0.15) is 35.7 Å². The van der Waals surface area contributed by atoms with E-state index in [0.717, 1.165) is 10.6 Å². The van der Waals surface area contributed by atoms with E-state index in [-0.39, 0.29) is 27.5 Å². The van der Waals surface area contributed by atoms with Gasteiger partial charge in [0.25, 0.3) is 15.9 Å². The Hall–Kier alpha value is -3.86. The zero-order valence-corrected chi connectivity index (χ0v) is 18.6. The first kappa shape index (κ1) is 23.3. The number of nitrogens with zero attached hydrogens (tertiary/aromatic N) is 2. The summed E-state index contributed by atoms with van der Waals surface area (Å²) in [7, 11) is -4.09. The van der Waals surface area contributed by atoms with E-state index >= 15 is 0 Å². The number of aromatic nitrogens is 2. The molecule has 1 heterocycles. The van der Waals surface area contributed by atoms with E-state index in [0.29, 0.717) is 5.52 Å². The predicted octanol–water partition coefficient (Wildman–Crippen LogP) is 4.86. The van der Waals surface area contributed by atoms with Crippen LogP contribution in [0.4, 0.5) is 18.9 Å². The maximum absolute atomic E-state index is 13.8. The van der Waals surface area contributed by atoms with E-state index in [1.807, 2.05) is 0 Å². The van der Waals surface area contributed by atoms with Crippen molar-refractivity contribution in [2.24, 2.45) is 0 Å². The number of hydrogen-bond acceptors (Lipinski definition) is 4. The van der Waals surface area contributed by atoms with E-state index in [1.165, 1.54) is 55.5 Å². The van der Waals surface area contributed by atoms with Gasteiger partial charge in [-0.2, -0.15) is 8.78 Å². The molecule has 0 aliphatic rings. The number of alkyl halides is 2. The number of fused-ring (bicyclic) bond motifs is 1. The summed E-state index contributed by atoms with van der Waals surface area (Å²) in [6.07, 6.45) is 0. The molecule has 7 nitrogen and oxygen atoms in total. The Morgan fingerprint density at radius 3 is 2.29 bits per heavy atom. The Bertz CT molecular complexity index is 1450. The van der Waals surface area contributed by atoms with E-state index in [9.17, 15) is 26.4 Å². The first-order valence-corrected chi connectivity index (χ1v) is 11.6. The molecule has 0 radical (unpaired) electrons. The number of halogens is 3. The molecule has 1 unspecified atom stereocenters. The largest absolute Gasteiger partial charge is 0.342 e. The molecule has 1 atom stereocenters. The van der Waals surface area contributed by atoms with Gasteiger partial charge in [0.2, 0.25) is 0 Å². The van der Waals surface area contributed by atoms with Crippen molar-refractivity contribution in [1.29, 1.82) is 0 Å². The van der Waals surface area contributed by atoms with Gasteiger partial charge < -0.3 is 5.32 Å². The number of para-hydroxylation sites is 3. The van der Waals surface area contributed by atoms with Crippen LogP contribution in [0.3, 0.4) is 0 Å². The number of sulfonamides is 1. The summed E-state index contributed by atoms with van der Waals surface area (Å²) in [6.45, 7) is -1.33. The third-order valence-corrected chi connectivity index (χ3v) is 6.48. The molecular weight excluding hydrogens is 469 g/mol. The topological polar surface area (TPSA) is 93.1 Å². The molecule has 0 bridgehead atoms. The number of benzene rings is 3. The second-order valence-electron chi connectivity index (χ2n) is 7.41. The lowest BCUT2D eigenvalue weighted by Gasteiger charge is -2.16. The molecule has 1 amide bonds. The molecule has 0 saturated heterocycles. The van der Waals surface area contributed by atoms with Gasteiger partial charge in [0.05, 0.1) is 27.7 Å². The van der Waals surface area contributed by atoms with Gasteiger partial charge in [0.15, 0.2) is 0 Å². The molecule has 0 aliphatic heterocycles. The highest BCUT2D eigenvalue weighted by Crippen LogP contribution is 2.27. The number of amides is 1. The number of imidazole rings is 1. The quantitative estimate of drug-likeness (QED) is 0.389. The molecular formula is C23H19F3N4O3S. The van der Waals surface area contributed by atoms with Gasteiger partial charge in [0.1, 0.15) is 11.6 Å². The van der Waals surface area contributed by atoms with E-state index < -0.39 is 34.3 Å². The molecule has 3 aromatic carbocycles. The third kappa shape index (κ3) is 4.60. The second-order valence-corrected chi connectivity index (χ2v) is 9.09. The lowest BCUT2D eigenvalue weighted by Crippen LogP contribution is -2.29. The summed E-state index contributed by atoms with van der Waals surface area (Å²) in [5.74, 6) is -1.35. The standard InChI is InChI=1S/C23H19F3N4O3S/c1-14(21-28-19-8-4-5-9-20(19)30(21)23(25)26)27-22(31)15-10-12-16(13-11-15)34(32,33)29-18-7-3-2-6-17(18)24/h2-14,23,29H,1H3,(H,27,31). The number of nitrogens with one attached hydrogen (secondary N) is 2. The Kier molecular flexibility index (Phi) is 6.29. The zero-order valence-electron chi connectivity index (χ0n) is 17.7. The monoisotopic (exact) mass is 488 g/mol. The average Bonchev–Trinajstić information content (AvgIpc) is 3.21. The molecule has 2 N–H and O–H groups in total. The van der Waals surface area contributed by atoms with Crippen molar-refractivity contribution >= 4 is 32.7 Å². The lowest BCUT2D eigenvalue weighted by molar-refractivity contribution is 0.0688. The highest BCUT2D eigenvalue weighted by atomic mass is 32.2. The molecule has 0 fully saturated rings. The summed E-state index contributed by atoms with van der Waals surface area (Å²) < 4.78 is 69.1. The first-order chi connectivity index (χ1) is 16.2. The van der Waals surface area contributed by atoms with Gasteiger partial charge in [-0.3, -0.25) is 14.1 Å². The fourth-order valence-electron chi connectivity index (χ4n) is 3.45. The van der Waals surface area contributed by atoms with E-state index in [4.69, 9.17) is 0 Å². The number of rotatable bonds is 7. The molecule has 0 saturated carbocycles. The summed E-state index contributed by atoms with van der Waals surface area (Å²) >= 11 is 0. The Labute approximate surface area is 193 Å². The van der Waals surface area contributed by atoms with Crippen LogP contribution < -0.4 is 10.0 Å². The highest BCUT2D eigenvalue weighted by Gasteiger charge is 2.23. The van der Waals surface area contributed by atoms with Crippen LogP contribution in [-0.2, 0) is 10.0 Å². The minimum atomic E-state index is -4.09. The average molecular weight is 488 g/mol. The van der Waals surface area contributed by atoms with Crippen LogP contribution in [0, 0.1) is 5.82 Å². The molecule has 4 aromatic rings. The van der Waals surface area contributed by atoms with Crippen molar-refractivity contribution in [2.45, 2.75) is 24.4 Å². The van der Waals surface area contributed by atoms with Gasteiger partial charge in [0, 0.05) is 5.56 Å². The van der Waals surface area contributed by atoms with Gasteiger partial charge in [-0.1, -0.05) is 24.3 Å². The van der Waals surface area contributed by atoms with Crippen LogP contribution in [0.25, 0.3) is 11.0 Å². The minimum Gasteiger partial charge on any atom is -0.342 e. The highest BCUT2D eigenvalue weighted by molar-refractivity contribution is 7.92. The van der Waals surface area contributed by atoms with Crippen molar-refractivity contribution in [3.05, 3.63) is 90.0 Å². The van der Waals surface area contributed by atoms with Crippen molar-refractivity contribution < 1.29 is 26.4 Å². The summed E-state index contributed by atoms with van der Waals surface area (Å²) in [6, 6.07) is 15.8. The van der Waals surface area contributed by atoms with Crippen LogP contribution in [0.15, 0.2) is 77.7 Å². The first-order valence-electron chi connectivity index (χ1n) is 10.1. The number of carbonyl (C=O) groups is 1. The van der Waals surface area contributed by atoms with Gasteiger partial charge in [-0.15, -0.1) is 0 Å². The second kappa shape index (κ2) is 9.18. The van der Waals surface area contributed by atoms with Crippen LogP contribution in [0.2, 0.25) is 0 Å². The minimum absolute atomic E-state index is 0.0159. The maximum Gasteiger partial charge on any atom is 0.320 e. The van der Waals surface area contributed by atoms with Gasteiger partial charge >= 0.3 is 6.55 Å². The molecule has 176 valence electrons. The zero-order chi connectivity index (χ0) is 24.5. The molecule has 1 aromatic heterocycles. The fourth-order valence-corrected chi connectivity index (χ4v) is 4.52. The van der Waals surface area contributed by atoms with Crippen molar-refractivity contribution in [1.82, 2.24) is 14.9 Å². The number of anilines is 1. The van der Waals surface area contributed by atoms with Crippen LogP contribution >= 0.6 is 0 Å². The number of hydrogen-bond donors (Lipinski definition) is 2. The Morgan fingerprint density at radius 1 is 0.971 bits per heavy atom. The van der Waals surface area contributed by atoms with Crippen molar-refractivity contribution in [3.63, 3.8) is 0 Å².